The Morgan fingerprint density at radius 3 is 2.67 bits per heavy atom. The zero-order valence-electron chi connectivity index (χ0n) is 7.84. The number of rotatable bonds is 2. The van der Waals surface area contributed by atoms with Gasteiger partial charge < -0.3 is 10.0 Å². The first-order valence-electron chi connectivity index (χ1n) is 4.53. The molecule has 1 aliphatic heterocycles. The molecule has 0 saturated carbocycles. The average molecular weight is 171 g/mol. The molecule has 0 aromatic rings. The maximum atomic E-state index is 11.0. The molecule has 1 rings (SSSR count). The quantitative estimate of drug-likeness (QED) is 0.678. The molecule has 0 aliphatic carbocycles. The van der Waals surface area contributed by atoms with Gasteiger partial charge in [-0.05, 0) is 32.9 Å². The summed E-state index contributed by atoms with van der Waals surface area (Å²) >= 11 is 0. The van der Waals surface area contributed by atoms with Crippen LogP contribution >= 0.6 is 0 Å². The van der Waals surface area contributed by atoms with Gasteiger partial charge in [0.05, 0.1) is 5.41 Å². The highest BCUT2D eigenvalue weighted by molar-refractivity contribution is 5.75. The first-order chi connectivity index (χ1) is 5.60. The lowest BCUT2D eigenvalue weighted by Crippen LogP contribution is -2.45. The van der Waals surface area contributed by atoms with Crippen molar-refractivity contribution in [1.82, 2.24) is 4.90 Å². The van der Waals surface area contributed by atoms with E-state index in [1.54, 1.807) is 0 Å². The summed E-state index contributed by atoms with van der Waals surface area (Å²) in [5.41, 5.74) is -0.465. The van der Waals surface area contributed by atoms with Gasteiger partial charge in [-0.1, -0.05) is 6.92 Å². The van der Waals surface area contributed by atoms with Crippen molar-refractivity contribution in [3.8, 4) is 0 Å². The van der Waals surface area contributed by atoms with E-state index in [2.05, 4.69) is 4.90 Å². The second-order valence-electron chi connectivity index (χ2n) is 3.78. The van der Waals surface area contributed by atoms with Crippen molar-refractivity contribution < 1.29 is 9.90 Å². The van der Waals surface area contributed by atoms with Crippen molar-refractivity contribution in [2.75, 3.05) is 20.1 Å². The molecule has 0 spiro atoms. The number of hydrogen-bond acceptors (Lipinski definition) is 2. The van der Waals surface area contributed by atoms with E-state index in [0.717, 1.165) is 25.8 Å². The zero-order valence-corrected chi connectivity index (χ0v) is 7.84. The number of nitrogens with zero attached hydrogens (tertiary/aromatic N) is 1. The van der Waals surface area contributed by atoms with Crippen LogP contribution in [0.2, 0.25) is 0 Å². The third-order valence-corrected chi connectivity index (χ3v) is 2.90. The molecule has 12 heavy (non-hydrogen) atoms. The lowest BCUT2D eigenvalue weighted by molar-refractivity contribution is -0.152. The van der Waals surface area contributed by atoms with Gasteiger partial charge in [0, 0.05) is 6.54 Å². The monoisotopic (exact) mass is 171 g/mol. The molecule has 3 nitrogen and oxygen atoms in total. The molecule has 70 valence electrons. The number of piperidine rings is 1. The molecule has 1 atom stereocenters. The van der Waals surface area contributed by atoms with Gasteiger partial charge in [-0.3, -0.25) is 4.79 Å². The van der Waals surface area contributed by atoms with Crippen LogP contribution in [0.25, 0.3) is 0 Å². The van der Waals surface area contributed by atoms with Gasteiger partial charge in [-0.15, -0.1) is 0 Å². The van der Waals surface area contributed by atoms with Crippen LogP contribution in [0, 0.1) is 5.41 Å². The van der Waals surface area contributed by atoms with Gasteiger partial charge in [-0.2, -0.15) is 0 Å². The first kappa shape index (κ1) is 9.52. The molecule has 1 heterocycles. The van der Waals surface area contributed by atoms with Crippen molar-refractivity contribution in [3.05, 3.63) is 0 Å². The highest BCUT2D eigenvalue weighted by Crippen LogP contribution is 2.32. The van der Waals surface area contributed by atoms with Gasteiger partial charge >= 0.3 is 5.97 Å². The minimum Gasteiger partial charge on any atom is -0.481 e. The molecule has 0 radical (unpaired) electrons. The average Bonchev–Trinajstić information content (AvgIpc) is 2.04. The Morgan fingerprint density at radius 1 is 1.67 bits per heavy atom. The molecule has 1 fully saturated rings. The minimum absolute atomic E-state index is 0.465. The van der Waals surface area contributed by atoms with Crippen LogP contribution in [-0.4, -0.2) is 36.1 Å². The number of hydrogen-bond donors (Lipinski definition) is 1. The number of carboxylic acids is 1. The normalized spacial score (nSPS) is 31.8. The van der Waals surface area contributed by atoms with Crippen LogP contribution < -0.4 is 0 Å². The highest BCUT2D eigenvalue weighted by atomic mass is 16.4. The summed E-state index contributed by atoms with van der Waals surface area (Å²) in [5, 5.41) is 9.08. The van der Waals surface area contributed by atoms with E-state index in [0.29, 0.717) is 6.54 Å². The third-order valence-electron chi connectivity index (χ3n) is 2.90. The standard InChI is InChI=1S/C9H17NO2/c1-3-9(8(11)12)5-4-6-10(2)7-9/h3-7H2,1-2H3,(H,11,12). The van der Waals surface area contributed by atoms with Crippen LogP contribution in [0.15, 0.2) is 0 Å². The molecule has 0 bridgehead atoms. The van der Waals surface area contributed by atoms with E-state index in [-0.39, 0.29) is 0 Å². The van der Waals surface area contributed by atoms with E-state index >= 15 is 0 Å². The Bertz CT molecular complexity index is 181. The number of carbonyl (C=O) groups is 1. The molecular weight excluding hydrogens is 154 g/mol. The zero-order chi connectivity index (χ0) is 9.19. The Balaban J connectivity index is 2.71. The molecule has 1 aliphatic rings. The molecule has 0 aromatic heterocycles. The summed E-state index contributed by atoms with van der Waals surface area (Å²) in [6, 6.07) is 0. The van der Waals surface area contributed by atoms with Crippen LogP contribution in [-0.2, 0) is 4.79 Å². The number of carboxylic acid groups (broad SMARTS) is 1. The first-order valence-corrected chi connectivity index (χ1v) is 4.53. The summed E-state index contributed by atoms with van der Waals surface area (Å²) in [7, 11) is 1.99. The van der Waals surface area contributed by atoms with E-state index in [4.69, 9.17) is 5.11 Å². The fraction of sp³-hybridized carbons (Fsp3) is 0.889. The Labute approximate surface area is 73.4 Å². The summed E-state index contributed by atoms with van der Waals surface area (Å²) in [4.78, 5) is 13.1. The molecule has 1 unspecified atom stereocenters. The number of aliphatic carboxylic acids is 1. The van der Waals surface area contributed by atoms with Gasteiger partial charge in [0.2, 0.25) is 0 Å². The lowest BCUT2D eigenvalue weighted by Gasteiger charge is -2.37. The molecule has 1 N–H and O–H groups in total. The van der Waals surface area contributed by atoms with E-state index in [1.165, 1.54) is 0 Å². The topological polar surface area (TPSA) is 40.5 Å². The van der Waals surface area contributed by atoms with E-state index < -0.39 is 11.4 Å². The maximum absolute atomic E-state index is 11.0. The van der Waals surface area contributed by atoms with Gasteiger partial charge in [-0.25, -0.2) is 0 Å². The Kier molecular flexibility index (Phi) is 2.73. The van der Waals surface area contributed by atoms with Crippen molar-refractivity contribution >= 4 is 5.97 Å². The molecule has 0 amide bonds. The van der Waals surface area contributed by atoms with Crippen LogP contribution in [0.4, 0.5) is 0 Å². The summed E-state index contributed by atoms with van der Waals surface area (Å²) in [5.74, 6) is -0.628. The second-order valence-corrected chi connectivity index (χ2v) is 3.78. The van der Waals surface area contributed by atoms with Gasteiger partial charge in [0.25, 0.3) is 0 Å². The Morgan fingerprint density at radius 2 is 2.33 bits per heavy atom. The van der Waals surface area contributed by atoms with E-state index in [1.807, 2.05) is 14.0 Å². The van der Waals surface area contributed by atoms with Gasteiger partial charge in [0.1, 0.15) is 0 Å². The summed E-state index contributed by atoms with van der Waals surface area (Å²) in [6.45, 7) is 3.71. The van der Waals surface area contributed by atoms with Gasteiger partial charge in [0.15, 0.2) is 0 Å². The SMILES string of the molecule is CCC1(C(=O)O)CCCN(C)C1. The maximum Gasteiger partial charge on any atom is 0.310 e. The smallest absolute Gasteiger partial charge is 0.310 e. The second kappa shape index (κ2) is 3.44. The third kappa shape index (κ3) is 1.61. The molecule has 1 saturated heterocycles. The van der Waals surface area contributed by atoms with Crippen molar-refractivity contribution in [1.29, 1.82) is 0 Å². The predicted octanol–water partition coefficient (Wildman–Crippen LogP) is 1.19. The van der Waals surface area contributed by atoms with Crippen LogP contribution in [0.5, 0.6) is 0 Å². The fourth-order valence-corrected chi connectivity index (χ4v) is 1.98. The fourth-order valence-electron chi connectivity index (χ4n) is 1.98. The molecular formula is C9H17NO2. The predicted molar refractivity (Wildman–Crippen MR) is 47.1 cm³/mol. The largest absolute Gasteiger partial charge is 0.481 e. The van der Waals surface area contributed by atoms with Crippen molar-refractivity contribution in [2.45, 2.75) is 26.2 Å². The van der Waals surface area contributed by atoms with E-state index in [9.17, 15) is 4.79 Å². The summed E-state index contributed by atoms with van der Waals surface area (Å²) in [6.07, 6.45) is 2.59. The summed E-state index contributed by atoms with van der Waals surface area (Å²) < 4.78 is 0. The van der Waals surface area contributed by atoms with Crippen molar-refractivity contribution in [2.24, 2.45) is 5.41 Å². The van der Waals surface area contributed by atoms with Crippen molar-refractivity contribution in [3.63, 3.8) is 0 Å². The number of likely N-dealkylation sites (tertiary alicyclic amines) is 1. The Hall–Kier alpha value is -0.570. The highest BCUT2D eigenvalue weighted by Gasteiger charge is 2.39. The van der Waals surface area contributed by atoms with Crippen LogP contribution in [0.3, 0.4) is 0 Å². The minimum atomic E-state index is -0.628. The molecule has 0 aromatic carbocycles. The lowest BCUT2D eigenvalue weighted by atomic mass is 9.78. The van der Waals surface area contributed by atoms with Crippen LogP contribution in [0.1, 0.15) is 26.2 Å². The molecule has 3 heteroatoms.